The quantitative estimate of drug-likeness (QED) is 0.922. The molecule has 4 nitrogen and oxygen atoms in total. The van der Waals surface area contributed by atoms with Gasteiger partial charge in [-0.3, -0.25) is 0 Å². The number of halogens is 1. The summed E-state index contributed by atoms with van der Waals surface area (Å²) in [6.45, 7) is 0.0368. The van der Waals surface area contributed by atoms with Gasteiger partial charge in [0.2, 0.25) is 5.13 Å². The zero-order valence-corrected chi connectivity index (χ0v) is 13.1. The second-order valence-electron chi connectivity index (χ2n) is 3.76. The third kappa shape index (κ3) is 3.23. The van der Waals surface area contributed by atoms with Crippen molar-refractivity contribution in [3.05, 3.63) is 28.2 Å². The Morgan fingerprint density at radius 2 is 2.17 bits per heavy atom. The van der Waals surface area contributed by atoms with Gasteiger partial charge in [0.05, 0.1) is 6.61 Å². The lowest BCUT2D eigenvalue weighted by Gasteiger charge is -2.04. The normalized spacial score (nSPS) is 10.7. The van der Waals surface area contributed by atoms with E-state index in [4.69, 9.17) is 5.11 Å². The Morgan fingerprint density at radius 1 is 1.39 bits per heavy atom. The second kappa shape index (κ2) is 6.01. The van der Waals surface area contributed by atoms with Gasteiger partial charge in [0.25, 0.3) is 0 Å². The maximum absolute atomic E-state index is 9.10. The standard InChI is InChI=1S/C11H12BrN3OS2/c1-15(2)10-13-14-11(18-10)17-8-4-3-7(6-16)9(12)5-8/h3-5,16H,6H2,1-2H3. The molecule has 0 bridgehead atoms. The summed E-state index contributed by atoms with van der Waals surface area (Å²) in [5.74, 6) is 0. The third-order valence-electron chi connectivity index (χ3n) is 2.18. The Balaban J connectivity index is 2.15. The number of aliphatic hydroxyl groups excluding tert-OH is 1. The number of nitrogens with zero attached hydrogens (tertiary/aromatic N) is 3. The lowest BCUT2D eigenvalue weighted by molar-refractivity contribution is 0.281. The highest BCUT2D eigenvalue weighted by atomic mass is 79.9. The van der Waals surface area contributed by atoms with Crippen LogP contribution in [0.2, 0.25) is 0 Å². The van der Waals surface area contributed by atoms with Crippen molar-refractivity contribution in [2.45, 2.75) is 15.8 Å². The zero-order chi connectivity index (χ0) is 13.1. The lowest BCUT2D eigenvalue weighted by Crippen LogP contribution is -2.07. The molecule has 1 aromatic heterocycles. The van der Waals surface area contributed by atoms with E-state index in [1.807, 2.05) is 37.2 Å². The van der Waals surface area contributed by atoms with Gasteiger partial charge in [-0.05, 0) is 17.7 Å². The van der Waals surface area contributed by atoms with Crippen LogP contribution in [0.1, 0.15) is 5.56 Å². The highest BCUT2D eigenvalue weighted by Crippen LogP contribution is 2.34. The van der Waals surface area contributed by atoms with Crippen LogP contribution in [-0.4, -0.2) is 29.4 Å². The fourth-order valence-corrected chi connectivity index (χ4v) is 3.68. The molecule has 0 aliphatic rings. The number of rotatable bonds is 4. The lowest BCUT2D eigenvalue weighted by atomic mass is 10.2. The molecule has 7 heteroatoms. The van der Waals surface area contributed by atoms with Crippen LogP contribution in [0.3, 0.4) is 0 Å². The SMILES string of the molecule is CN(C)c1nnc(Sc2ccc(CO)c(Br)c2)s1. The van der Waals surface area contributed by atoms with E-state index in [9.17, 15) is 0 Å². The van der Waals surface area contributed by atoms with Crippen molar-refractivity contribution in [3.63, 3.8) is 0 Å². The van der Waals surface area contributed by atoms with Crippen molar-refractivity contribution in [2.75, 3.05) is 19.0 Å². The van der Waals surface area contributed by atoms with E-state index in [1.54, 1.807) is 23.1 Å². The molecular formula is C11H12BrN3OS2. The summed E-state index contributed by atoms with van der Waals surface area (Å²) in [5.41, 5.74) is 0.880. The van der Waals surface area contributed by atoms with E-state index in [2.05, 4.69) is 26.1 Å². The number of aliphatic hydroxyl groups is 1. The van der Waals surface area contributed by atoms with Crippen LogP contribution in [0.15, 0.2) is 31.9 Å². The third-order valence-corrected chi connectivity index (χ3v) is 5.05. The van der Waals surface area contributed by atoms with E-state index in [0.717, 1.165) is 24.4 Å². The molecule has 1 heterocycles. The first-order chi connectivity index (χ1) is 8.60. The van der Waals surface area contributed by atoms with Crippen molar-refractivity contribution in [2.24, 2.45) is 0 Å². The molecule has 1 N–H and O–H groups in total. The van der Waals surface area contributed by atoms with E-state index in [-0.39, 0.29) is 6.61 Å². The van der Waals surface area contributed by atoms with Gasteiger partial charge in [-0.15, -0.1) is 10.2 Å². The molecule has 0 unspecified atom stereocenters. The molecule has 0 atom stereocenters. The maximum Gasteiger partial charge on any atom is 0.208 e. The van der Waals surface area contributed by atoms with Crippen LogP contribution in [0.5, 0.6) is 0 Å². The molecule has 0 amide bonds. The van der Waals surface area contributed by atoms with Crippen LogP contribution >= 0.6 is 39.0 Å². The Bertz CT molecular complexity index is 545. The van der Waals surface area contributed by atoms with Crippen molar-refractivity contribution in [1.29, 1.82) is 0 Å². The molecule has 2 rings (SSSR count). The topological polar surface area (TPSA) is 49.2 Å². The molecule has 0 saturated carbocycles. The van der Waals surface area contributed by atoms with Crippen molar-refractivity contribution < 1.29 is 5.11 Å². The first kappa shape index (κ1) is 13.8. The predicted octanol–water partition coefficient (Wildman–Crippen LogP) is 3.01. The molecule has 0 spiro atoms. The zero-order valence-electron chi connectivity index (χ0n) is 9.92. The van der Waals surface area contributed by atoms with Gasteiger partial charge in [-0.25, -0.2) is 0 Å². The summed E-state index contributed by atoms with van der Waals surface area (Å²) in [4.78, 5) is 3.01. The van der Waals surface area contributed by atoms with Gasteiger partial charge in [0.15, 0.2) is 4.34 Å². The average molecular weight is 346 g/mol. The summed E-state index contributed by atoms with van der Waals surface area (Å²) in [7, 11) is 3.89. The molecule has 2 aromatic rings. The number of hydrogen-bond acceptors (Lipinski definition) is 6. The van der Waals surface area contributed by atoms with Crippen LogP contribution in [0.4, 0.5) is 5.13 Å². The summed E-state index contributed by atoms with van der Waals surface area (Å²) >= 11 is 6.55. The summed E-state index contributed by atoms with van der Waals surface area (Å²) in [6.07, 6.45) is 0. The predicted molar refractivity (Wildman–Crippen MR) is 78.4 cm³/mol. The molecule has 0 aliphatic heterocycles. The van der Waals surface area contributed by atoms with Crippen LogP contribution in [0.25, 0.3) is 0 Å². The van der Waals surface area contributed by atoms with E-state index in [1.165, 1.54) is 0 Å². The summed E-state index contributed by atoms with van der Waals surface area (Å²) in [6, 6.07) is 5.85. The van der Waals surface area contributed by atoms with Gasteiger partial charge in [-0.2, -0.15) is 0 Å². The molecule has 1 aromatic carbocycles. The Hall–Kier alpha value is -0.630. The van der Waals surface area contributed by atoms with Crippen LogP contribution in [0, 0.1) is 0 Å². The first-order valence-corrected chi connectivity index (χ1v) is 7.60. The maximum atomic E-state index is 9.10. The number of aromatic nitrogens is 2. The van der Waals surface area contributed by atoms with Gasteiger partial charge >= 0.3 is 0 Å². The van der Waals surface area contributed by atoms with E-state index in [0.29, 0.717) is 0 Å². The monoisotopic (exact) mass is 345 g/mol. The second-order valence-corrected chi connectivity index (χ2v) is 6.89. The molecule has 0 fully saturated rings. The largest absolute Gasteiger partial charge is 0.392 e. The minimum atomic E-state index is 0.0368. The minimum absolute atomic E-state index is 0.0368. The minimum Gasteiger partial charge on any atom is -0.392 e. The van der Waals surface area contributed by atoms with Crippen molar-refractivity contribution >= 4 is 44.2 Å². The number of anilines is 1. The Morgan fingerprint density at radius 3 is 2.72 bits per heavy atom. The van der Waals surface area contributed by atoms with Gasteiger partial charge in [0.1, 0.15) is 0 Å². The molecule has 0 radical (unpaired) electrons. The molecule has 0 aliphatic carbocycles. The fraction of sp³-hybridized carbons (Fsp3) is 0.273. The number of hydrogen-bond donors (Lipinski definition) is 1. The van der Waals surface area contributed by atoms with Gasteiger partial charge in [0, 0.05) is 23.5 Å². The molecular weight excluding hydrogens is 334 g/mol. The molecule has 18 heavy (non-hydrogen) atoms. The highest BCUT2D eigenvalue weighted by Gasteiger charge is 2.08. The van der Waals surface area contributed by atoms with Crippen LogP contribution < -0.4 is 4.90 Å². The fourth-order valence-electron chi connectivity index (χ4n) is 1.25. The highest BCUT2D eigenvalue weighted by molar-refractivity contribution is 9.10. The molecule has 0 saturated heterocycles. The van der Waals surface area contributed by atoms with Crippen LogP contribution in [-0.2, 0) is 6.61 Å². The van der Waals surface area contributed by atoms with Gasteiger partial charge in [-0.1, -0.05) is 45.1 Å². The number of benzene rings is 1. The Kier molecular flexibility index (Phi) is 4.60. The van der Waals surface area contributed by atoms with Crippen molar-refractivity contribution in [1.82, 2.24) is 10.2 Å². The van der Waals surface area contributed by atoms with E-state index < -0.39 is 0 Å². The molecule has 96 valence electrons. The first-order valence-electron chi connectivity index (χ1n) is 5.18. The summed E-state index contributed by atoms with van der Waals surface area (Å²) in [5, 5.41) is 18.2. The van der Waals surface area contributed by atoms with Gasteiger partial charge < -0.3 is 10.0 Å². The average Bonchev–Trinajstić information content (AvgIpc) is 2.78. The Labute approximate surface area is 122 Å². The smallest absolute Gasteiger partial charge is 0.208 e. The van der Waals surface area contributed by atoms with E-state index >= 15 is 0 Å². The van der Waals surface area contributed by atoms with Crippen molar-refractivity contribution in [3.8, 4) is 0 Å². The summed E-state index contributed by atoms with van der Waals surface area (Å²) < 4.78 is 1.81.